The number of nitrogens with two attached hydrogens (primary N) is 1. The molecule has 6 nitrogen and oxygen atoms in total. The number of carbonyl (C=O) groups is 2. The van der Waals surface area contributed by atoms with Crippen molar-refractivity contribution in [3.05, 3.63) is 29.8 Å². The Balaban J connectivity index is 0.00000256. The van der Waals surface area contributed by atoms with Gasteiger partial charge in [0.1, 0.15) is 0 Å². The van der Waals surface area contributed by atoms with Crippen LogP contribution in [0.1, 0.15) is 45.6 Å². The minimum absolute atomic E-state index is 0. The van der Waals surface area contributed by atoms with Crippen molar-refractivity contribution in [1.29, 1.82) is 0 Å². The first-order chi connectivity index (χ1) is 14.4. The molecular weight excluding hydrogens is 447 g/mol. The van der Waals surface area contributed by atoms with Crippen molar-refractivity contribution in [2.75, 3.05) is 37.6 Å². The van der Waals surface area contributed by atoms with Crippen molar-refractivity contribution < 1.29 is 9.59 Å². The Kier molecular flexibility index (Phi) is 11.8. The Bertz CT molecular complexity index is 738. The molecule has 2 fully saturated rings. The number of amides is 2. The fourth-order valence-corrected chi connectivity index (χ4v) is 5.03. The average molecular weight is 488 g/mol. The number of rotatable bonds is 6. The molecule has 8 heteroatoms. The lowest BCUT2D eigenvalue weighted by atomic mass is 9.70. The van der Waals surface area contributed by atoms with Crippen molar-refractivity contribution in [3.63, 3.8) is 0 Å². The third-order valence-corrected chi connectivity index (χ3v) is 6.91. The van der Waals surface area contributed by atoms with Crippen molar-refractivity contribution in [2.24, 2.45) is 29.4 Å². The maximum Gasteiger partial charge on any atom is 0.236 e. The molecule has 3 atom stereocenters. The van der Waals surface area contributed by atoms with Gasteiger partial charge in [0.25, 0.3) is 0 Å². The average Bonchev–Trinajstić information content (AvgIpc) is 2.77. The van der Waals surface area contributed by atoms with E-state index in [4.69, 9.17) is 5.73 Å². The fraction of sp³-hybridized carbons (Fsp3) is 0.667. The highest BCUT2D eigenvalue weighted by Gasteiger charge is 2.35. The Labute approximate surface area is 205 Å². The van der Waals surface area contributed by atoms with Crippen LogP contribution in [0.3, 0.4) is 0 Å². The fourth-order valence-electron chi connectivity index (χ4n) is 5.03. The van der Waals surface area contributed by atoms with E-state index in [2.05, 4.69) is 49.2 Å². The van der Waals surface area contributed by atoms with Crippen LogP contribution >= 0.6 is 24.8 Å². The van der Waals surface area contributed by atoms with Gasteiger partial charge in [0.2, 0.25) is 11.8 Å². The third kappa shape index (κ3) is 7.26. The minimum atomic E-state index is 0. The second-order valence-corrected chi connectivity index (χ2v) is 9.39. The first-order valence-electron chi connectivity index (χ1n) is 11.5. The second kappa shape index (κ2) is 13.3. The number of hydrogen-bond acceptors (Lipinski definition) is 4. The molecule has 1 saturated heterocycles. The lowest BCUT2D eigenvalue weighted by Crippen LogP contribution is -2.50. The predicted octanol–water partition coefficient (Wildman–Crippen LogP) is 3.46. The monoisotopic (exact) mass is 486 g/mol. The molecular formula is C24H40Cl2N4O2. The van der Waals surface area contributed by atoms with Gasteiger partial charge >= 0.3 is 0 Å². The van der Waals surface area contributed by atoms with Crippen LogP contribution in [-0.2, 0) is 16.1 Å². The largest absolute Gasteiger partial charge is 0.368 e. The van der Waals surface area contributed by atoms with Crippen LogP contribution in [0.15, 0.2) is 24.3 Å². The van der Waals surface area contributed by atoms with Crippen LogP contribution in [0.25, 0.3) is 0 Å². The van der Waals surface area contributed by atoms with Gasteiger partial charge in [-0.05, 0) is 48.3 Å². The SMILES string of the molecule is CC(C)[C@@H]1CC[C@@H](C)C[C@H]1C(=O)NCc1cccc(N2CCN(C(=O)CN)CC2)c1.Cl.Cl. The van der Waals surface area contributed by atoms with Gasteiger partial charge in [-0.3, -0.25) is 9.59 Å². The molecule has 3 rings (SSSR count). The van der Waals surface area contributed by atoms with Crippen LogP contribution < -0.4 is 16.0 Å². The predicted molar refractivity (Wildman–Crippen MR) is 135 cm³/mol. The summed E-state index contributed by atoms with van der Waals surface area (Å²) in [4.78, 5) is 28.9. The first kappa shape index (κ1) is 28.5. The summed E-state index contributed by atoms with van der Waals surface area (Å²) in [6.07, 6.45) is 3.39. The number of nitrogens with zero attached hydrogens (tertiary/aromatic N) is 2. The normalized spacial score (nSPS) is 23.2. The summed E-state index contributed by atoms with van der Waals surface area (Å²) in [5, 5.41) is 3.21. The zero-order valence-electron chi connectivity index (χ0n) is 19.6. The van der Waals surface area contributed by atoms with Gasteiger partial charge in [-0.25, -0.2) is 0 Å². The number of carbonyl (C=O) groups excluding carboxylic acids is 2. The Morgan fingerprint density at radius 3 is 2.44 bits per heavy atom. The summed E-state index contributed by atoms with van der Waals surface area (Å²) < 4.78 is 0. The molecule has 1 aromatic rings. The smallest absolute Gasteiger partial charge is 0.236 e. The minimum Gasteiger partial charge on any atom is -0.368 e. The summed E-state index contributed by atoms with van der Waals surface area (Å²) in [6.45, 7) is 10.4. The van der Waals surface area contributed by atoms with Gasteiger partial charge in [0.15, 0.2) is 0 Å². The molecule has 1 aliphatic carbocycles. The van der Waals surface area contributed by atoms with Crippen LogP contribution in [0.4, 0.5) is 5.69 Å². The molecule has 182 valence electrons. The van der Waals surface area contributed by atoms with E-state index >= 15 is 0 Å². The van der Waals surface area contributed by atoms with E-state index in [0.717, 1.165) is 37.2 Å². The standard InChI is InChI=1S/C24H38N4O2.2ClH/c1-17(2)21-8-7-18(3)13-22(21)24(30)26-16-19-5-4-6-20(14-19)27-9-11-28(12-10-27)23(29)15-25;;/h4-6,14,17-18,21-22H,7-13,15-16,25H2,1-3H3,(H,26,30);2*1H/t18-,21+,22-;;/m1../s1. The van der Waals surface area contributed by atoms with E-state index < -0.39 is 0 Å². The number of hydrogen-bond donors (Lipinski definition) is 2. The van der Waals surface area contributed by atoms with E-state index in [1.807, 2.05) is 11.0 Å². The Morgan fingerprint density at radius 1 is 1.12 bits per heavy atom. The van der Waals surface area contributed by atoms with Gasteiger partial charge in [0, 0.05) is 44.3 Å². The van der Waals surface area contributed by atoms with Crippen molar-refractivity contribution in [1.82, 2.24) is 10.2 Å². The quantitative estimate of drug-likeness (QED) is 0.644. The Morgan fingerprint density at radius 2 is 1.81 bits per heavy atom. The lowest BCUT2D eigenvalue weighted by molar-refractivity contribution is -0.130. The number of nitrogens with one attached hydrogen (secondary N) is 1. The molecule has 0 unspecified atom stereocenters. The zero-order chi connectivity index (χ0) is 21.7. The summed E-state index contributed by atoms with van der Waals surface area (Å²) in [5.41, 5.74) is 7.74. The van der Waals surface area contributed by atoms with E-state index in [-0.39, 0.29) is 49.1 Å². The summed E-state index contributed by atoms with van der Waals surface area (Å²) in [6, 6.07) is 8.38. The van der Waals surface area contributed by atoms with Crippen molar-refractivity contribution in [3.8, 4) is 0 Å². The van der Waals surface area contributed by atoms with Gasteiger partial charge in [-0.1, -0.05) is 39.3 Å². The molecule has 3 N–H and O–H groups in total. The maximum atomic E-state index is 13.0. The molecule has 2 amide bonds. The first-order valence-corrected chi connectivity index (χ1v) is 11.5. The zero-order valence-corrected chi connectivity index (χ0v) is 21.2. The van der Waals surface area contributed by atoms with Crippen molar-refractivity contribution in [2.45, 2.75) is 46.6 Å². The van der Waals surface area contributed by atoms with Crippen LogP contribution in [-0.4, -0.2) is 49.4 Å². The molecule has 2 aliphatic rings. The van der Waals surface area contributed by atoms with Crippen LogP contribution in [0.5, 0.6) is 0 Å². The highest BCUT2D eigenvalue weighted by Crippen LogP contribution is 2.38. The topological polar surface area (TPSA) is 78.7 Å². The lowest BCUT2D eigenvalue weighted by Gasteiger charge is -2.36. The van der Waals surface area contributed by atoms with Crippen molar-refractivity contribution >= 4 is 42.3 Å². The summed E-state index contributed by atoms with van der Waals surface area (Å²) in [5.74, 6) is 2.01. The highest BCUT2D eigenvalue weighted by molar-refractivity contribution is 5.85. The van der Waals surface area contributed by atoms with Crippen LogP contribution in [0.2, 0.25) is 0 Å². The summed E-state index contributed by atoms with van der Waals surface area (Å²) in [7, 11) is 0. The van der Waals surface area contributed by atoms with Gasteiger partial charge in [-0.15, -0.1) is 24.8 Å². The van der Waals surface area contributed by atoms with E-state index in [1.165, 1.54) is 6.42 Å². The number of piperazine rings is 1. The molecule has 0 radical (unpaired) electrons. The molecule has 1 aromatic carbocycles. The highest BCUT2D eigenvalue weighted by atomic mass is 35.5. The van der Waals surface area contributed by atoms with E-state index in [9.17, 15) is 9.59 Å². The van der Waals surface area contributed by atoms with Crippen LogP contribution in [0, 0.1) is 23.7 Å². The molecule has 1 aliphatic heterocycles. The molecule has 1 saturated carbocycles. The number of benzene rings is 1. The molecule has 0 spiro atoms. The Hall–Kier alpha value is -1.50. The molecule has 0 aromatic heterocycles. The third-order valence-electron chi connectivity index (χ3n) is 6.91. The molecule has 0 bridgehead atoms. The van der Waals surface area contributed by atoms with E-state index in [1.54, 1.807) is 0 Å². The van der Waals surface area contributed by atoms with Gasteiger partial charge in [0.05, 0.1) is 6.54 Å². The van der Waals surface area contributed by atoms with Gasteiger partial charge in [-0.2, -0.15) is 0 Å². The maximum absolute atomic E-state index is 13.0. The molecule has 1 heterocycles. The number of anilines is 1. The summed E-state index contributed by atoms with van der Waals surface area (Å²) >= 11 is 0. The number of halogens is 2. The molecule has 32 heavy (non-hydrogen) atoms. The second-order valence-electron chi connectivity index (χ2n) is 9.39. The van der Waals surface area contributed by atoms with E-state index in [0.29, 0.717) is 37.4 Å². The van der Waals surface area contributed by atoms with Gasteiger partial charge < -0.3 is 20.9 Å².